The van der Waals surface area contributed by atoms with Gasteiger partial charge in [-0.15, -0.1) is 0 Å². The summed E-state index contributed by atoms with van der Waals surface area (Å²) in [5.41, 5.74) is 10.6. The van der Waals surface area contributed by atoms with Crippen molar-refractivity contribution in [1.82, 2.24) is 4.57 Å². The number of aryl methyl sites for hydroxylation is 2. The number of nitrogens with zero attached hydrogens (tertiary/aromatic N) is 1. The third-order valence-electron chi connectivity index (χ3n) is 5.30. The molecule has 0 fully saturated rings. The van der Waals surface area contributed by atoms with E-state index in [9.17, 15) is 9.59 Å². The number of fused-ring (bicyclic) bond motifs is 1. The fourth-order valence-corrected chi connectivity index (χ4v) is 3.84. The Morgan fingerprint density at radius 1 is 0.828 bits per heavy atom. The van der Waals surface area contributed by atoms with Gasteiger partial charge in [0, 0.05) is 29.9 Å². The summed E-state index contributed by atoms with van der Waals surface area (Å²) in [6.45, 7) is 0. The van der Waals surface area contributed by atoms with E-state index in [-0.39, 0.29) is 18.1 Å². The van der Waals surface area contributed by atoms with Gasteiger partial charge < -0.3 is 10.3 Å². The standard InChI is InChI=1S/C25H22N2O2/c1-27-22-10-6-5-9-20(22)21(15-16-23(26)28)24(27)25(29)19-13-11-18(12-14-19)17-7-3-2-4-8-17/h2-14H,15-16H2,1H3,(H2,26,28). The van der Waals surface area contributed by atoms with Gasteiger partial charge in [-0.2, -0.15) is 0 Å². The molecular weight excluding hydrogens is 360 g/mol. The summed E-state index contributed by atoms with van der Waals surface area (Å²) in [7, 11) is 1.89. The van der Waals surface area contributed by atoms with Gasteiger partial charge in [-0.1, -0.05) is 72.8 Å². The van der Waals surface area contributed by atoms with Gasteiger partial charge in [0.15, 0.2) is 0 Å². The molecule has 0 aliphatic carbocycles. The molecule has 0 saturated heterocycles. The van der Waals surface area contributed by atoms with Gasteiger partial charge in [-0.05, 0) is 29.2 Å². The molecule has 29 heavy (non-hydrogen) atoms. The van der Waals surface area contributed by atoms with Crippen molar-refractivity contribution in [3.63, 3.8) is 0 Å². The van der Waals surface area contributed by atoms with Crippen LogP contribution in [-0.2, 0) is 18.3 Å². The van der Waals surface area contributed by atoms with Gasteiger partial charge in [0.25, 0.3) is 0 Å². The molecule has 2 N–H and O–H groups in total. The maximum Gasteiger partial charge on any atom is 0.217 e. The summed E-state index contributed by atoms with van der Waals surface area (Å²) in [6.07, 6.45) is 0.654. The third-order valence-corrected chi connectivity index (χ3v) is 5.30. The molecule has 4 rings (SSSR count). The predicted molar refractivity (Wildman–Crippen MR) is 116 cm³/mol. The molecule has 1 amide bonds. The molecule has 0 aliphatic rings. The summed E-state index contributed by atoms with van der Waals surface area (Å²) in [5.74, 6) is -0.425. The Morgan fingerprint density at radius 2 is 1.45 bits per heavy atom. The summed E-state index contributed by atoms with van der Waals surface area (Å²) in [4.78, 5) is 24.8. The van der Waals surface area contributed by atoms with Crippen molar-refractivity contribution in [3.05, 3.63) is 95.7 Å². The molecule has 4 aromatic rings. The maximum absolute atomic E-state index is 13.4. The number of carbonyl (C=O) groups is 2. The van der Waals surface area contributed by atoms with E-state index in [2.05, 4.69) is 0 Å². The van der Waals surface area contributed by atoms with Crippen molar-refractivity contribution in [2.24, 2.45) is 12.8 Å². The van der Waals surface area contributed by atoms with Crippen molar-refractivity contribution >= 4 is 22.6 Å². The first-order chi connectivity index (χ1) is 14.1. The van der Waals surface area contributed by atoms with Crippen LogP contribution in [0.15, 0.2) is 78.9 Å². The zero-order valence-electron chi connectivity index (χ0n) is 16.3. The molecule has 0 radical (unpaired) electrons. The summed E-state index contributed by atoms with van der Waals surface area (Å²) >= 11 is 0. The Morgan fingerprint density at radius 3 is 2.14 bits per heavy atom. The molecule has 0 spiro atoms. The van der Waals surface area contributed by atoms with Crippen molar-refractivity contribution < 1.29 is 9.59 Å². The van der Waals surface area contributed by atoms with E-state index in [0.717, 1.165) is 27.6 Å². The molecule has 3 aromatic carbocycles. The minimum Gasteiger partial charge on any atom is -0.370 e. The van der Waals surface area contributed by atoms with Crippen LogP contribution in [0.3, 0.4) is 0 Å². The lowest BCUT2D eigenvalue weighted by atomic mass is 9.98. The Labute approximate surface area is 169 Å². The summed E-state index contributed by atoms with van der Waals surface area (Å²) in [5, 5.41) is 0.987. The van der Waals surface area contributed by atoms with Crippen molar-refractivity contribution in [2.45, 2.75) is 12.8 Å². The third kappa shape index (κ3) is 3.57. The minimum atomic E-state index is -0.372. The van der Waals surface area contributed by atoms with Crippen molar-refractivity contribution in [1.29, 1.82) is 0 Å². The summed E-state index contributed by atoms with van der Waals surface area (Å²) in [6, 6.07) is 25.6. The fourth-order valence-electron chi connectivity index (χ4n) is 3.84. The van der Waals surface area contributed by atoms with Crippen LogP contribution in [0, 0.1) is 0 Å². The van der Waals surface area contributed by atoms with E-state index in [1.807, 2.05) is 90.5 Å². The second-order valence-corrected chi connectivity index (χ2v) is 7.14. The van der Waals surface area contributed by atoms with Crippen molar-refractivity contribution in [2.75, 3.05) is 0 Å². The van der Waals surface area contributed by atoms with E-state index in [0.29, 0.717) is 17.7 Å². The van der Waals surface area contributed by atoms with Gasteiger partial charge in [0.05, 0.1) is 5.69 Å². The highest BCUT2D eigenvalue weighted by atomic mass is 16.1. The van der Waals surface area contributed by atoms with Crippen LogP contribution >= 0.6 is 0 Å². The zero-order chi connectivity index (χ0) is 20.4. The highest BCUT2D eigenvalue weighted by Gasteiger charge is 2.22. The van der Waals surface area contributed by atoms with Crippen LogP contribution in [0.2, 0.25) is 0 Å². The zero-order valence-corrected chi connectivity index (χ0v) is 16.3. The number of carbonyl (C=O) groups excluding carboxylic acids is 2. The first-order valence-corrected chi connectivity index (χ1v) is 9.61. The van der Waals surface area contributed by atoms with Gasteiger partial charge in [0.1, 0.15) is 0 Å². The van der Waals surface area contributed by atoms with E-state index in [4.69, 9.17) is 5.73 Å². The molecule has 0 bridgehead atoms. The van der Waals surface area contributed by atoms with Crippen LogP contribution in [0.25, 0.3) is 22.0 Å². The number of benzene rings is 3. The number of amides is 1. The van der Waals surface area contributed by atoms with E-state index in [1.165, 1.54) is 0 Å². The number of ketones is 1. The first kappa shape index (κ1) is 18.7. The summed E-state index contributed by atoms with van der Waals surface area (Å²) < 4.78 is 1.92. The molecule has 1 heterocycles. The smallest absolute Gasteiger partial charge is 0.217 e. The second kappa shape index (κ2) is 7.76. The first-order valence-electron chi connectivity index (χ1n) is 9.61. The molecule has 144 valence electrons. The van der Waals surface area contributed by atoms with Crippen LogP contribution in [-0.4, -0.2) is 16.3 Å². The lowest BCUT2D eigenvalue weighted by Gasteiger charge is -2.08. The quantitative estimate of drug-likeness (QED) is 0.499. The van der Waals surface area contributed by atoms with E-state index < -0.39 is 0 Å². The number of aromatic nitrogens is 1. The normalized spacial score (nSPS) is 10.9. The molecule has 0 saturated carbocycles. The van der Waals surface area contributed by atoms with Crippen LogP contribution in [0.4, 0.5) is 0 Å². The Kier molecular flexibility index (Phi) is 5.00. The largest absolute Gasteiger partial charge is 0.370 e. The second-order valence-electron chi connectivity index (χ2n) is 7.14. The lowest BCUT2D eigenvalue weighted by molar-refractivity contribution is -0.117. The highest BCUT2D eigenvalue weighted by molar-refractivity contribution is 6.12. The number of hydrogen-bond acceptors (Lipinski definition) is 2. The Balaban J connectivity index is 1.75. The number of hydrogen-bond donors (Lipinski definition) is 1. The molecule has 4 heteroatoms. The predicted octanol–water partition coefficient (Wildman–Crippen LogP) is 4.49. The number of nitrogens with two attached hydrogens (primary N) is 1. The van der Waals surface area contributed by atoms with Gasteiger partial charge in [0.2, 0.25) is 11.7 Å². The van der Waals surface area contributed by atoms with Gasteiger partial charge in [-0.3, -0.25) is 9.59 Å². The number of rotatable bonds is 6. The number of para-hydroxylation sites is 1. The molecule has 4 nitrogen and oxygen atoms in total. The minimum absolute atomic E-state index is 0.0530. The van der Waals surface area contributed by atoms with Crippen LogP contribution in [0.1, 0.15) is 28.0 Å². The number of primary amides is 1. The highest BCUT2D eigenvalue weighted by Crippen LogP contribution is 2.29. The molecule has 0 atom stereocenters. The SMILES string of the molecule is Cn1c(C(=O)c2ccc(-c3ccccc3)cc2)c(CCC(N)=O)c2ccccc21. The van der Waals surface area contributed by atoms with Gasteiger partial charge in [-0.25, -0.2) is 0 Å². The molecule has 0 aliphatic heterocycles. The van der Waals surface area contributed by atoms with Crippen LogP contribution in [0.5, 0.6) is 0 Å². The van der Waals surface area contributed by atoms with Crippen LogP contribution < -0.4 is 5.73 Å². The van der Waals surface area contributed by atoms with E-state index >= 15 is 0 Å². The topological polar surface area (TPSA) is 65.1 Å². The molecule has 1 aromatic heterocycles. The van der Waals surface area contributed by atoms with E-state index in [1.54, 1.807) is 0 Å². The monoisotopic (exact) mass is 382 g/mol. The fraction of sp³-hybridized carbons (Fsp3) is 0.120. The average Bonchev–Trinajstić information content (AvgIpc) is 3.04. The van der Waals surface area contributed by atoms with Gasteiger partial charge >= 0.3 is 0 Å². The Bertz CT molecular complexity index is 1190. The Hall–Kier alpha value is -3.66. The lowest BCUT2D eigenvalue weighted by Crippen LogP contribution is -2.14. The van der Waals surface area contributed by atoms with Crippen molar-refractivity contribution in [3.8, 4) is 11.1 Å². The maximum atomic E-state index is 13.4. The average molecular weight is 382 g/mol. The molecular formula is C25H22N2O2. The molecule has 0 unspecified atom stereocenters.